The fourth-order valence-corrected chi connectivity index (χ4v) is 4.27. The number of benzene rings is 1. The molecule has 0 aliphatic heterocycles. The number of nitrogens with zero attached hydrogens (tertiary/aromatic N) is 5. The highest BCUT2D eigenvalue weighted by atomic mass is 35.5. The summed E-state index contributed by atoms with van der Waals surface area (Å²) in [5, 5.41) is 22.3. The second-order valence-corrected chi connectivity index (χ2v) is 8.89. The molecule has 2 amide bonds. The van der Waals surface area contributed by atoms with Crippen LogP contribution in [0.15, 0.2) is 48.7 Å². The number of imidazole rings is 1. The second kappa shape index (κ2) is 11.1. The molecule has 3 heterocycles. The standard InChI is InChI=1S/C26H27ClN8O2/c1-16-20(22(27)34(3)33-16)21-24(30-15-18-9-5-4-6-10-18)35-14-7-11-19(23(35)32-21)26(37)31-17(2)25(36)29-13-8-12-28/h4-7,9-11,14,17,30H,8,13,15H2,1-3H3,(H,29,36)(H,31,37). The van der Waals surface area contributed by atoms with Crippen molar-refractivity contribution in [3.8, 4) is 17.3 Å². The van der Waals surface area contributed by atoms with E-state index in [1.807, 2.05) is 49.5 Å². The number of pyridine rings is 1. The van der Waals surface area contributed by atoms with Crippen LogP contribution in [0.4, 0.5) is 5.82 Å². The normalized spacial score (nSPS) is 11.6. The van der Waals surface area contributed by atoms with Crippen LogP contribution >= 0.6 is 11.6 Å². The minimum Gasteiger partial charge on any atom is -0.365 e. The number of nitriles is 1. The zero-order chi connectivity index (χ0) is 26.5. The summed E-state index contributed by atoms with van der Waals surface area (Å²) in [4.78, 5) is 30.3. The van der Waals surface area contributed by atoms with Crippen molar-refractivity contribution in [2.75, 3.05) is 11.9 Å². The fourth-order valence-electron chi connectivity index (χ4n) is 4.00. The first kappa shape index (κ1) is 25.7. The van der Waals surface area contributed by atoms with Gasteiger partial charge in [0.1, 0.15) is 22.7 Å². The predicted molar refractivity (Wildman–Crippen MR) is 141 cm³/mol. The van der Waals surface area contributed by atoms with Gasteiger partial charge in [0.05, 0.1) is 29.3 Å². The van der Waals surface area contributed by atoms with Gasteiger partial charge in [-0.2, -0.15) is 10.4 Å². The third-order valence-electron chi connectivity index (χ3n) is 5.86. The Kier molecular flexibility index (Phi) is 7.74. The number of halogens is 1. The zero-order valence-electron chi connectivity index (χ0n) is 20.7. The van der Waals surface area contributed by atoms with Crippen molar-refractivity contribution in [1.82, 2.24) is 29.8 Å². The van der Waals surface area contributed by atoms with Crippen molar-refractivity contribution in [3.05, 3.63) is 70.6 Å². The largest absolute Gasteiger partial charge is 0.365 e. The molecule has 1 aromatic carbocycles. The monoisotopic (exact) mass is 518 g/mol. The first-order valence-corrected chi connectivity index (χ1v) is 12.1. The Morgan fingerprint density at radius 1 is 1.19 bits per heavy atom. The van der Waals surface area contributed by atoms with E-state index in [0.29, 0.717) is 45.7 Å². The van der Waals surface area contributed by atoms with E-state index in [1.54, 1.807) is 35.2 Å². The SMILES string of the molecule is Cc1nn(C)c(Cl)c1-c1nc2c(C(=O)NC(C)C(=O)NCCC#N)cccn2c1NCc1ccccc1. The summed E-state index contributed by atoms with van der Waals surface area (Å²) in [6, 6.07) is 14.5. The minimum absolute atomic E-state index is 0.192. The molecule has 0 saturated carbocycles. The van der Waals surface area contributed by atoms with Gasteiger partial charge < -0.3 is 16.0 Å². The third-order valence-corrected chi connectivity index (χ3v) is 6.30. The molecular formula is C26H27ClN8O2. The van der Waals surface area contributed by atoms with Gasteiger partial charge in [-0.25, -0.2) is 4.98 Å². The predicted octanol–water partition coefficient (Wildman–Crippen LogP) is 3.46. The number of carbonyl (C=O) groups excluding carboxylic acids is 2. The zero-order valence-corrected chi connectivity index (χ0v) is 21.5. The quantitative estimate of drug-likeness (QED) is 0.291. The molecule has 1 atom stereocenters. The Labute approximate surface area is 219 Å². The van der Waals surface area contributed by atoms with Crippen molar-refractivity contribution >= 4 is 34.9 Å². The molecule has 0 radical (unpaired) electrons. The molecule has 3 N–H and O–H groups in total. The number of amides is 2. The van der Waals surface area contributed by atoms with E-state index in [1.165, 1.54) is 0 Å². The first-order valence-electron chi connectivity index (χ1n) is 11.8. The van der Waals surface area contributed by atoms with Crippen LogP contribution < -0.4 is 16.0 Å². The molecule has 10 nitrogen and oxygen atoms in total. The van der Waals surface area contributed by atoms with Gasteiger partial charge >= 0.3 is 0 Å². The van der Waals surface area contributed by atoms with E-state index in [4.69, 9.17) is 21.8 Å². The molecule has 0 saturated heterocycles. The van der Waals surface area contributed by atoms with Crippen LogP contribution in [0.2, 0.25) is 5.15 Å². The first-order chi connectivity index (χ1) is 17.8. The Hall–Kier alpha value is -4.36. The molecule has 4 rings (SSSR count). The van der Waals surface area contributed by atoms with Crippen LogP contribution in [-0.4, -0.2) is 43.6 Å². The molecule has 0 fully saturated rings. The Balaban J connectivity index is 1.73. The van der Waals surface area contributed by atoms with Crippen LogP contribution in [0.1, 0.15) is 35.0 Å². The van der Waals surface area contributed by atoms with E-state index in [0.717, 1.165) is 5.56 Å². The average molecular weight is 519 g/mol. The van der Waals surface area contributed by atoms with Gasteiger partial charge in [-0.15, -0.1) is 0 Å². The van der Waals surface area contributed by atoms with Gasteiger partial charge in [0, 0.05) is 26.3 Å². The maximum atomic E-state index is 13.2. The van der Waals surface area contributed by atoms with Crippen molar-refractivity contribution in [2.24, 2.45) is 7.05 Å². The number of aryl methyl sites for hydroxylation is 2. The summed E-state index contributed by atoms with van der Waals surface area (Å²) in [5.41, 5.74) is 3.71. The fraction of sp³-hybridized carbons (Fsp3) is 0.269. The molecule has 3 aromatic heterocycles. The highest BCUT2D eigenvalue weighted by Gasteiger charge is 2.25. The number of anilines is 1. The lowest BCUT2D eigenvalue weighted by atomic mass is 10.2. The summed E-state index contributed by atoms with van der Waals surface area (Å²) < 4.78 is 3.38. The van der Waals surface area contributed by atoms with Crippen molar-refractivity contribution < 1.29 is 9.59 Å². The van der Waals surface area contributed by atoms with Crippen molar-refractivity contribution in [3.63, 3.8) is 0 Å². The summed E-state index contributed by atoms with van der Waals surface area (Å²) in [6.07, 6.45) is 2.01. The van der Waals surface area contributed by atoms with E-state index < -0.39 is 11.9 Å². The van der Waals surface area contributed by atoms with E-state index in [2.05, 4.69) is 21.0 Å². The number of rotatable bonds is 9. The molecular weight excluding hydrogens is 492 g/mol. The van der Waals surface area contributed by atoms with Gasteiger partial charge in [-0.1, -0.05) is 41.9 Å². The minimum atomic E-state index is -0.799. The Morgan fingerprint density at radius 3 is 2.62 bits per heavy atom. The molecule has 37 heavy (non-hydrogen) atoms. The van der Waals surface area contributed by atoms with Gasteiger partial charge in [-0.05, 0) is 31.5 Å². The lowest BCUT2D eigenvalue weighted by Gasteiger charge is -2.14. The Bertz CT molecular complexity index is 1490. The number of fused-ring (bicyclic) bond motifs is 1. The van der Waals surface area contributed by atoms with Gasteiger partial charge in [0.25, 0.3) is 5.91 Å². The molecule has 190 valence electrons. The van der Waals surface area contributed by atoms with Crippen LogP contribution in [0.25, 0.3) is 16.9 Å². The molecule has 11 heteroatoms. The molecule has 4 aromatic rings. The van der Waals surface area contributed by atoms with Crippen LogP contribution in [0.5, 0.6) is 0 Å². The van der Waals surface area contributed by atoms with Gasteiger partial charge in [-0.3, -0.25) is 18.7 Å². The van der Waals surface area contributed by atoms with Crippen LogP contribution in [0.3, 0.4) is 0 Å². The molecule has 0 bridgehead atoms. The molecule has 0 spiro atoms. The second-order valence-electron chi connectivity index (χ2n) is 8.53. The number of carbonyl (C=O) groups is 2. The maximum absolute atomic E-state index is 13.2. The van der Waals surface area contributed by atoms with E-state index in [9.17, 15) is 9.59 Å². The third kappa shape index (κ3) is 5.42. The number of aromatic nitrogens is 4. The highest BCUT2D eigenvalue weighted by Crippen LogP contribution is 2.36. The topological polar surface area (TPSA) is 129 Å². The summed E-state index contributed by atoms with van der Waals surface area (Å²) in [6.45, 7) is 4.18. The summed E-state index contributed by atoms with van der Waals surface area (Å²) in [7, 11) is 1.76. The number of nitrogens with one attached hydrogen (secondary N) is 3. The van der Waals surface area contributed by atoms with Gasteiger partial charge in [0.15, 0.2) is 5.65 Å². The Morgan fingerprint density at radius 2 is 1.95 bits per heavy atom. The van der Waals surface area contributed by atoms with Crippen LogP contribution in [-0.2, 0) is 18.4 Å². The van der Waals surface area contributed by atoms with Crippen molar-refractivity contribution in [2.45, 2.75) is 32.9 Å². The van der Waals surface area contributed by atoms with Gasteiger partial charge in [0.2, 0.25) is 5.91 Å². The highest BCUT2D eigenvalue weighted by molar-refractivity contribution is 6.32. The molecule has 1 unspecified atom stereocenters. The molecule has 0 aliphatic rings. The lowest BCUT2D eigenvalue weighted by molar-refractivity contribution is -0.122. The number of hydrogen-bond acceptors (Lipinski definition) is 6. The lowest BCUT2D eigenvalue weighted by Crippen LogP contribution is -2.45. The van der Waals surface area contributed by atoms with E-state index >= 15 is 0 Å². The average Bonchev–Trinajstić information content (AvgIpc) is 3.37. The smallest absolute Gasteiger partial charge is 0.255 e. The summed E-state index contributed by atoms with van der Waals surface area (Å²) >= 11 is 6.60. The van der Waals surface area contributed by atoms with Crippen molar-refractivity contribution in [1.29, 1.82) is 5.26 Å². The number of hydrogen-bond donors (Lipinski definition) is 3. The van der Waals surface area contributed by atoms with E-state index in [-0.39, 0.29) is 18.9 Å². The van der Waals surface area contributed by atoms with Crippen LogP contribution in [0, 0.1) is 18.3 Å². The summed E-state index contributed by atoms with van der Waals surface area (Å²) in [5.74, 6) is -0.162. The molecule has 0 aliphatic carbocycles. The maximum Gasteiger partial charge on any atom is 0.255 e.